The first-order valence-corrected chi connectivity index (χ1v) is 14.8. The van der Waals surface area contributed by atoms with Crippen LogP contribution in [-0.4, -0.2) is 57.3 Å². The number of allylic oxidation sites excluding steroid dienone is 2. The molecule has 7 nitrogen and oxygen atoms in total. The van der Waals surface area contributed by atoms with E-state index in [9.17, 15) is 29.7 Å². The van der Waals surface area contributed by atoms with Crippen LogP contribution in [0.3, 0.4) is 0 Å². The second-order valence-corrected chi connectivity index (χ2v) is 10.7. The van der Waals surface area contributed by atoms with Gasteiger partial charge in [0.25, 0.3) is 0 Å². The Bertz CT molecular complexity index is 612. The molecule has 37 heavy (non-hydrogen) atoms. The predicted molar refractivity (Wildman–Crippen MR) is 147 cm³/mol. The molecule has 3 atom stereocenters. The van der Waals surface area contributed by atoms with Crippen LogP contribution in [0.2, 0.25) is 0 Å². The topological polar surface area (TPSA) is 115 Å². The van der Waals surface area contributed by atoms with E-state index in [1.807, 2.05) is 0 Å². The molecule has 0 aliphatic rings. The summed E-state index contributed by atoms with van der Waals surface area (Å²) in [4.78, 5) is 35.2. The molecule has 0 radical (unpaired) electrons. The minimum Gasteiger partial charge on any atom is -0.544 e. The maximum Gasteiger partial charge on any atom is 0.362 e. The van der Waals surface area contributed by atoms with Gasteiger partial charge in [-0.2, -0.15) is 0 Å². The Kier molecular flexibility index (Phi) is 20.0. The average Bonchev–Trinajstić information content (AvgIpc) is 2.86. The van der Waals surface area contributed by atoms with E-state index in [4.69, 9.17) is 0 Å². The van der Waals surface area contributed by atoms with Crippen LogP contribution in [0.5, 0.6) is 0 Å². The van der Waals surface area contributed by atoms with E-state index < -0.39 is 40.5 Å². The fraction of sp³-hybridized carbons (Fsp3) is 0.833. The number of carbonyl (C=O) groups excluding carboxylic acids is 1. The molecule has 0 bridgehead atoms. The van der Waals surface area contributed by atoms with Crippen molar-refractivity contribution in [1.29, 1.82) is 0 Å². The van der Waals surface area contributed by atoms with Crippen molar-refractivity contribution in [3.8, 4) is 0 Å². The third kappa shape index (κ3) is 14.0. The van der Waals surface area contributed by atoms with Gasteiger partial charge in [-0.05, 0) is 52.9 Å². The molecule has 0 rings (SSSR count). The molecule has 0 aliphatic heterocycles. The summed E-state index contributed by atoms with van der Waals surface area (Å²) in [6.45, 7) is 6.57. The van der Waals surface area contributed by atoms with Crippen molar-refractivity contribution in [2.75, 3.05) is 6.54 Å². The van der Waals surface area contributed by atoms with Crippen LogP contribution in [0.1, 0.15) is 137 Å². The summed E-state index contributed by atoms with van der Waals surface area (Å²) in [6.07, 6.45) is 24.7. The molecule has 0 fully saturated rings. The third-order valence-electron chi connectivity index (χ3n) is 8.03. The van der Waals surface area contributed by atoms with Crippen LogP contribution in [0.4, 0.5) is 0 Å². The van der Waals surface area contributed by atoms with Gasteiger partial charge in [-0.15, -0.1) is 0 Å². The van der Waals surface area contributed by atoms with Crippen LogP contribution in [0.25, 0.3) is 0 Å². The Hall–Kier alpha value is -1.89. The molecular formula is C30H55NO6. The van der Waals surface area contributed by atoms with Crippen molar-refractivity contribution < 1.29 is 34.2 Å². The molecule has 0 spiro atoms. The molecular weight excluding hydrogens is 470 g/mol. The molecule has 0 aromatic heterocycles. The van der Waals surface area contributed by atoms with Crippen molar-refractivity contribution >= 4 is 17.9 Å². The lowest BCUT2D eigenvalue weighted by atomic mass is 10.00. The summed E-state index contributed by atoms with van der Waals surface area (Å²) < 4.78 is -0.539. The van der Waals surface area contributed by atoms with Gasteiger partial charge in [-0.1, -0.05) is 96.1 Å². The number of carboxylic acids is 3. The number of hydrogen-bond donors (Lipinski definition) is 2. The second-order valence-electron chi connectivity index (χ2n) is 10.7. The highest BCUT2D eigenvalue weighted by Crippen LogP contribution is 2.27. The maximum atomic E-state index is 11.8. The molecule has 0 saturated heterocycles. The Balaban J connectivity index is 4.12. The van der Waals surface area contributed by atoms with Gasteiger partial charge < -0.3 is 20.1 Å². The normalized spacial score (nSPS) is 15.8. The summed E-state index contributed by atoms with van der Waals surface area (Å²) in [5.41, 5.74) is 0. The quantitative estimate of drug-likeness (QED) is 0.0846. The Morgan fingerprint density at radius 1 is 0.622 bits per heavy atom. The van der Waals surface area contributed by atoms with Crippen molar-refractivity contribution in [2.45, 2.75) is 155 Å². The van der Waals surface area contributed by atoms with E-state index >= 15 is 0 Å². The lowest BCUT2D eigenvalue weighted by Gasteiger charge is -2.49. The SMILES string of the molecule is CCCC/C=C/CCCCCCCCCCCCCCC[N+](C(C)C(=O)[O-])(C(C)C(=O)O)C(C)C(=O)O. The van der Waals surface area contributed by atoms with Gasteiger partial charge in [0.05, 0.1) is 12.5 Å². The van der Waals surface area contributed by atoms with Gasteiger partial charge in [0.1, 0.15) is 6.04 Å². The van der Waals surface area contributed by atoms with Crippen LogP contribution in [0.15, 0.2) is 12.2 Å². The van der Waals surface area contributed by atoms with E-state index in [0.29, 0.717) is 6.42 Å². The lowest BCUT2D eigenvalue weighted by molar-refractivity contribution is -0.969. The third-order valence-corrected chi connectivity index (χ3v) is 8.03. The number of rotatable bonds is 25. The Morgan fingerprint density at radius 3 is 1.32 bits per heavy atom. The molecule has 7 heteroatoms. The van der Waals surface area contributed by atoms with Gasteiger partial charge in [0, 0.05) is 0 Å². The number of nitrogens with zero attached hydrogens (tertiary/aromatic N) is 1. The van der Waals surface area contributed by atoms with Crippen molar-refractivity contribution in [3.63, 3.8) is 0 Å². The van der Waals surface area contributed by atoms with Crippen molar-refractivity contribution in [3.05, 3.63) is 12.2 Å². The van der Waals surface area contributed by atoms with Gasteiger partial charge in [0.2, 0.25) is 0 Å². The van der Waals surface area contributed by atoms with Crippen molar-refractivity contribution in [2.24, 2.45) is 0 Å². The highest BCUT2D eigenvalue weighted by molar-refractivity contribution is 5.76. The van der Waals surface area contributed by atoms with E-state index in [-0.39, 0.29) is 6.54 Å². The molecule has 0 amide bonds. The zero-order valence-electron chi connectivity index (χ0n) is 24.1. The van der Waals surface area contributed by atoms with Gasteiger partial charge in [-0.25, -0.2) is 9.59 Å². The first kappa shape index (κ1) is 35.1. The lowest BCUT2D eigenvalue weighted by Crippen LogP contribution is -2.72. The molecule has 0 aliphatic carbocycles. The molecule has 3 unspecified atom stereocenters. The van der Waals surface area contributed by atoms with Gasteiger partial charge in [0.15, 0.2) is 12.1 Å². The minimum absolute atomic E-state index is 0.186. The predicted octanol–water partition coefficient (Wildman–Crippen LogP) is 6.10. The number of unbranched alkanes of at least 4 members (excludes halogenated alkanes) is 15. The first-order valence-electron chi connectivity index (χ1n) is 14.8. The molecule has 0 aromatic rings. The number of carbonyl (C=O) groups is 3. The van der Waals surface area contributed by atoms with E-state index in [1.54, 1.807) is 0 Å². The van der Waals surface area contributed by atoms with E-state index in [1.165, 1.54) is 97.8 Å². The monoisotopic (exact) mass is 525 g/mol. The highest BCUT2D eigenvalue weighted by Gasteiger charge is 2.50. The zero-order valence-corrected chi connectivity index (χ0v) is 24.1. The fourth-order valence-electron chi connectivity index (χ4n) is 5.34. The Labute approximate surface area is 225 Å². The summed E-state index contributed by atoms with van der Waals surface area (Å²) >= 11 is 0. The zero-order chi connectivity index (χ0) is 28.1. The van der Waals surface area contributed by atoms with Crippen LogP contribution in [-0.2, 0) is 14.4 Å². The molecule has 0 saturated carbocycles. The molecule has 2 N–H and O–H groups in total. The largest absolute Gasteiger partial charge is 0.544 e. The van der Waals surface area contributed by atoms with Crippen LogP contribution >= 0.6 is 0 Å². The molecule has 216 valence electrons. The fourth-order valence-corrected chi connectivity index (χ4v) is 5.34. The second kappa shape index (κ2) is 21.1. The number of carboxylic acid groups (broad SMARTS) is 3. The minimum atomic E-state index is -1.42. The summed E-state index contributed by atoms with van der Waals surface area (Å²) in [5.74, 6) is -3.82. The average molecular weight is 526 g/mol. The highest BCUT2D eigenvalue weighted by atomic mass is 16.4. The summed E-state index contributed by atoms with van der Waals surface area (Å²) in [5, 5.41) is 30.9. The standard InChI is InChI=1S/C30H55NO6/c1-5-6-7-8-9-10-11-12-13-14-15-16-17-18-19-20-21-22-23-24-31(25(2)28(32)33,26(3)29(34)35)27(4)30(36)37/h8-9,25-27H,5-7,10-24H2,1-4H3,(H2-,32,33,34,35,36,37)/b9-8+. The van der Waals surface area contributed by atoms with Gasteiger partial charge in [-0.3, -0.25) is 4.48 Å². The first-order chi connectivity index (χ1) is 17.6. The number of quaternary nitrogens is 1. The molecule has 0 aromatic carbocycles. The number of hydrogen-bond acceptors (Lipinski definition) is 4. The van der Waals surface area contributed by atoms with Crippen molar-refractivity contribution in [1.82, 2.24) is 0 Å². The smallest absolute Gasteiger partial charge is 0.362 e. The molecule has 0 heterocycles. The Morgan fingerprint density at radius 2 is 0.973 bits per heavy atom. The van der Waals surface area contributed by atoms with Gasteiger partial charge >= 0.3 is 11.9 Å². The van der Waals surface area contributed by atoms with E-state index in [2.05, 4.69) is 19.1 Å². The van der Waals surface area contributed by atoms with E-state index in [0.717, 1.165) is 25.7 Å². The van der Waals surface area contributed by atoms with Crippen LogP contribution in [0, 0.1) is 0 Å². The maximum absolute atomic E-state index is 11.8. The summed E-state index contributed by atoms with van der Waals surface area (Å²) in [6, 6.07) is -3.55. The van der Waals surface area contributed by atoms with Crippen LogP contribution < -0.4 is 5.11 Å². The number of aliphatic carboxylic acids is 3. The summed E-state index contributed by atoms with van der Waals surface area (Å²) in [7, 11) is 0.